The van der Waals surface area contributed by atoms with Gasteiger partial charge in [0.1, 0.15) is 5.78 Å². The fourth-order valence-corrected chi connectivity index (χ4v) is 1.47. The van der Waals surface area contributed by atoms with E-state index in [1.54, 1.807) is 6.92 Å². The van der Waals surface area contributed by atoms with Gasteiger partial charge in [0.05, 0.1) is 0 Å². The van der Waals surface area contributed by atoms with Crippen molar-refractivity contribution in [2.75, 3.05) is 0 Å². The highest BCUT2D eigenvalue weighted by Gasteiger charge is 2.14. The number of rotatable bonds is 5. The average Bonchev–Trinajstić information content (AvgIpc) is 2.40. The molecule has 1 unspecified atom stereocenters. The quantitative estimate of drug-likeness (QED) is 0.736. The van der Waals surface area contributed by atoms with Crippen molar-refractivity contribution in [3.05, 3.63) is 35.4 Å². The van der Waals surface area contributed by atoms with E-state index in [0.29, 0.717) is 12.0 Å². The van der Waals surface area contributed by atoms with Gasteiger partial charge in [0.15, 0.2) is 5.78 Å². The van der Waals surface area contributed by atoms with Gasteiger partial charge in [0.2, 0.25) is 0 Å². The first-order valence-electron chi connectivity index (χ1n) is 6.67. The van der Waals surface area contributed by atoms with Gasteiger partial charge < -0.3 is 0 Å². The van der Waals surface area contributed by atoms with Crippen LogP contribution in [0.3, 0.4) is 0 Å². The third kappa shape index (κ3) is 5.26. The van der Waals surface area contributed by atoms with E-state index < -0.39 is 0 Å². The number of carbonyl (C=O) groups excluding carboxylic acids is 2. The molecule has 0 aliphatic rings. The maximum Gasteiger partial charge on any atom is 0.163 e. The monoisotopic (exact) mass is 248 g/mol. The van der Waals surface area contributed by atoms with Crippen LogP contribution in [0.2, 0.25) is 0 Å². The van der Waals surface area contributed by atoms with Gasteiger partial charge in [0, 0.05) is 17.9 Å². The molecular weight excluding hydrogens is 224 g/mol. The maximum atomic E-state index is 11.8. The summed E-state index contributed by atoms with van der Waals surface area (Å²) in [5.74, 6) is -0.0674. The van der Waals surface area contributed by atoms with Gasteiger partial charge in [-0.25, -0.2) is 0 Å². The lowest BCUT2D eigenvalue weighted by molar-refractivity contribution is -0.120. The fraction of sp³-hybridized carbons (Fsp3) is 0.500. The molecule has 1 atom stereocenters. The Balaban J connectivity index is 0.00000137. The molecule has 0 radical (unpaired) electrons. The Labute approximate surface area is 110 Å². The largest absolute Gasteiger partial charge is 0.300 e. The van der Waals surface area contributed by atoms with Crippen molar-refractivity contribution < 1.29 is 9.59 Å². The molecule has 1 aromatic rings. The zero-order chi connectivity index (χ0) is 14.1. The predicted octanol–water partition coefficient (Wildman–Crippen LogP) is 4.07. The molecule has 1 aromatic carbocycles. The van der Waals surface area contributed by atoms with Crippen LogP contribution >= 0.6 is 0 Å². The molecule has 0 N–H and O–H groups in total. The fourth-order valence-electron chi connectivity index (χ4n) is 1.47. The van der Waals surface area contributed by atoms with E-state index in [4.69, 9.17) is 0 Å². The van der Waals surface area contributed by atoms with Gasteiger partial charge in [-0.05, 0) is 18.9 Å². The molecule has 18 heavy (non-hydrogen) atoms. The van der Waals surface area contributed by atoms with Crippen LogP contribution in [0.15, 0.2) is 24.3 Å². The van der Waals surface area contributed by atoms with E-state index in [-0.39, 0.29) is 17.5 Å². The normalized spacial score (nSPS) is 11.2. The highest BCUT2D eigenvalue weighted by Crippen LogP contribution is 2.12. The first kappa shape index (κ1) is 16.6. The lowest BCUT2D eigenvalue weighted by atomic mass is 9.96. The molecule has 0 amide bonds. The Morgan fingerprint density at radius 1 is 1.11 bits per heavy atom. The summed E-state index contributed by atoms with van der Waals surface area (Å²) >= 11 is 0. The molecule has 0 aliphatic carbocycles. The third-order valence-electron chi connectivity index (χ3n) is 2.87. The molecule has 0 aliphatic heterocycles. The van der Waals surface area contributed by atoms with E-state index in [9.17, 15) is 9.59 Å². The van der Waals surface area contributed by atoms with Crippen LogP contribution in [0.5, 0.6) is 0 Å². The van der Waals surface area contributed by atoms with E-state index >= 15 is 0 Å². The van der Waals surface area contributed by atoms with Gasteiger partial charge in [0.25, 0.3) is 0 Å². The molecule has 0 saturated carbocycles. The summed E-state index contributed by atoms with van der Waals surface area (Å²) < 4.78 is 0. The van der Waals surface area contributed by atoms with Crippen LogP contribution in [-0.4, -0.2) is 11.6 Å². The number of aryl methyl sites for hydroxylation is 1. The summed E-state index contributed by atoms with van der Waals surface area (Å²) in [5.41, 5.74) is 1.92. The Hall–Kier alpha value is -1.44. The Kier molecular flexibility index (Phi) is 7.93. The maximum absolute atomic E-state index is 11.8. The second-order valence-electron chi connectivity index (χ2n) is 4.19. The molecule has 0 bridgehead atoms. The number of carbonyl (C=O) groups is 2. The minimum Gasteiger partial charge on any atom is -0.300 e. The van der Waals surface area contributed by atoms with Crippen molar-refractivity contribution in [1.82, 2.24) is 0 Å². The first-order chi connectivity index (χ1) is 8.54. The van der Waals surface area contributed by atoms with E-state index in [0.717, 1.165) is 6.42 Å². The highest BCUT2D eigenvalue weighted by atomic mass is 16.1. The average molecular weight is 248 g/mol. The summed E-state index contributed by atoms with van der Waals surface area (Å²) in [7, 11) is 0. The molecular formula is C16H24O2. The standard InChI is InChI=1S/C14H18O2.C2H6/c1-4-12-5-7-13(8-6-12)14(16)9-10(2)11(3)15;1-2/h5-8,10H,4,9H2,1-3H3;1-2H3. The van der Waals surface area contributed by atoms with Gasteiger partial charge in [-0.15, -0.1) is 0 Å². The van der Waals surface area contributed by atoms with Crippen LogP contribution in [0.4, 0.5) is 0 Å². The number of Topliss-reactive ketones (excluding diaryl/α,β-unsaturated/α-hetero) is 2. The van der Waals surface area contributed by atoms with Gasteiger partial charge in [-0.1, -0.05) is 52.0 Å². The lowest BCUT2D eigenvalue weighted by Crippen LogP contribution is -2.12. The van der Waals surface area contributed by atoms with Crippen molar-refractivity contribution in [2.45, 2.75) is 47.5 Å². The summed E-state index contributed by atoms with van der Waals surface area (Å²) in [6.45, 7) is 9.40. The van der Waals surface area contributed by atoms with Crippen molar-refractivity contribution >= 4 is 11.6 Å². The van der Waals surface area contributed by atoms with Crippen LogP contribution in [0.25, 0.3) is 0 Å². The van der Waals surface area contributed by atoms with Crippen molar-refractivity contribution in [3.8, 4) is 0 Å². The highest BCUT2D eigenvalue weighted by molar-refractivity contribution is 5.98. The van der Waals surface area contributed by atoms with Crippen molar-refractivity contribution in [1.29, 1.82) is 0 Å². The lowest BCUT2D eigenvalue weighted by Gasteiger charge is -2.06. The zero-order valence-electron chi connectivity index (χ0n) is 12.1. The van der Waals surface area contributed by atoms with Crippen molar-refractivity contribution in [3.63, 3.8) is 0 Å². The zero-order valence-corrected chi connectivity index (χ0v) is 12.1. The minimum atomic E-state index is -0.182. The Morgan fingerprint density at radius 3 is 2.00 bits per heavy atom. The van der Waals surface area contributed by atoms with Crippen LogP contribution in [0.1, 0.15) is 57.0 Å². The van der Waals surface area contributed by atoms with Crippen LogP contribution < -0.4 is 0 Å². The molecule has 1 rings (SSSR count). The van der Waals surface area contributed by atoms with Crippen molar-refractivity contribution in [2.24, 2.45) is 5.92 Å². The first-order valence-corrected chi connectivity index (χ1v) is 6.67. The van der Waals surface area contributed by atoms with Gasteiger partial charge >= 0.3 is 0 Å². The number of ketones is 2. The Morgan fingerprint density at radius 2 is 1.61 bits per heavy atom. The second kappa shape index (κ2) is 8.62. The summed E-state index contributed by atoms with van der Waals surface area (Å²) in [6, 6.07) is 7.61. The van der Waals surface area contributed by atoms with E-state index in [2.05, 4.69) is 6.92 Å². The number of hydrogen-bond donors (Lipinski definition) is 0. The second-order valence-corrected chi connectivity index (χ2v) is 4.19. The van der Waals surface area contributed by atoms with E-state index in [1.807, 2.05) is 38.1 Å². The SMILES string of the molecule is CC.CCc1ccc(C(=O)CC(C)C(C)=O)cc1. The third-order valence-corrected chi connectivity index (χ3v) is 2.87. The summed E-state index contributed by atoms with van der Waals surface area (Å²) in [6.07, 6.45) is 1.28. The molecule has 2 heteroatoms. The summed E-state index contributed by atoms with van der Waals surface area (Å²) in [4.78, 5) is 22.9. The smallest absolute Gasteiger partial charge is 0.163 e. The summed E-state index contributed by atoms with van der Waals surface area (Å²) in [5, 5.41) is 0. The molecule has 0 heterocycles. The number of benzene rings is 1. The van der Waals surface area contributed by atoms with Gasteiger partial charge in [-0.2, -0.15) is 0 Å². The Bertz CT molecular complexity index is 377. The minimum absolute atomic E-state index is 0.0466. The molecule has 0 fully saturated rings. The predicted molar refractivity (Wildman–Crippen MR) is 76.0 cm³/mol. The molecule has 2 nitrogen and oxygen atoms in total. The number of hydrogen-bond acceptors (Lipinski definition) is 2. The van der Waals surface area contributed by atoms with E-state index in [1.165, 1.54) is 12.5 Å². The molecule has 0 aromatic heterocycles. The van der Waals surface area contributed by atoms with Crippen LogP contribution in [0, 0.1) is 5.92 Å². The van der Waals surface area contributed by atoms with Gasteiger partial charge in [-0.3, -0.25) is 9.59 Å². The topological polar surface area (TPSA) is 34.1 Å². The van der Waals surface area contributed by atoms with Crippen LogP contribution in [-0.2, 0) is 11.2 Å². The molecule has 0 spiro atoms. The molecule has 100 valence electrons. The molecule has 0 saturated heterocycles.